The number of carbonyl (C=O) groups excluding carboxylic acids is 5. The second-order valence-electron chi connectivity index (χ2n) is 27.7. The summed E-state index contributed by atoms with van der Waals surface area (Å²) in [6, 6.07) is 59.1. The average molecular weight is 1600 g/mol. The lowest BCUT2D eigenvalue weighted by molar-refractivity contribution is -0.118. The number of carbonyl (C=O) groups is 5. The summed E-state index contributed by atoms with van der Waals surface area (Å²) >= 11 is 36.8. The highest BCUT2D eigenvalue weighted by Gasteiger charge is 2.39. The second-order valence-corrected chi connectivity index (χ2v) is 30.3. The van der Waals surface area contributed by atoms with Gasteiger partial charge in [-0.3, -0.25) is 24.8 Å². The van der Waals surface area contributed by atoms with E-state index in [0.717, 1.165) is 96.3 Å². The number of hydrogen-bond donors (Lipinski definition) is 5. The molecule has 5 N–H and O–H groups in total. The van der Waals surface area contributed by atoms with E-state index in [1.807, 2.05) is 129 Å². The molecule has 566 valence electrons. The molecule has 25 heteroatoms. The van der Waals surface area contributed by atoms with Crippen molar-refractivity contribution in [3.63, 3.8) is 0 Å². The molecule has 110 heavy (non-hydrogen) atoms. The van der Waals surface area contributed by atoms with Crippen LogP contribution in [0.3, 0.4) is 0 Å². The largest absolute Gasteiger partial charge is 0.494 e. The van der Waals surface area contributed by atoms with E-state index in [-0.39, 0.29) is 24.0 Å². The van der Waals surface area contributed by atoms with Gasteiger partial charge in [-0.1, -0.05) is 120 Å². The Labute approximate surface area is 666 Å². The number of ether oxygens (including phenoxy) is 5. The normalized spacial score (nSPS) is 15.1. The molecule has 6 heterocycles. The zero-order valence-corrected chi connectivity index (χ0v) is 65.5. The Morgan fingerprint density at radius 2 is 0.745 bits per heavy atom. The number of amides is 5. The maximum absolute atomic E-state index is 13.4. The molecule has 0 radical (unpaired) electrons. The molecule has 15 rings (SSSR count). The number of aromatic nitrogens is 3. The lowest BCUT2D eigenvalue weighted by atomic mass is 9.92. The van der Waals surface area contributed by atoms with Crippen LogP contribution in [0.1, 0.15) is 103 Å². The van der Waals surface area contributed by atoms with Crippen LogP contribution in [0.4, 0.5) is 30.6 Å². The minimum Gasteiger partial charge on any atom is -0.494 e. The first-order valence-corrected chi connectivity index (χ1v) is 38.2. The van der Waals surface area contributed by atoms with Gasteiger partial charge in [-0.15, -0.1) is 0 Å². The molecule has 0 spiro atoms. The summed E-state index contributed by atoms with van der Waals surface area (Å²) in [7, 11) is 4.10. The van der Waals surface area contributed by atoms with Gasteiger partial charge in [0.15, 0.2) is 0 Å². The fraction of sp³-hybridized carbons (Fsp3) is 0.235. The van der Waals surface area contributed by atoms with Crippen LogP contribution < -0.4 is 29.6 Å². The molecule has 3 unspecified atom stereocenters. The van der Waals surface area contributed by atoms with Crippen LogP contribution >= 0.6 is 69.6 Å². The van der Waals surface area contributed by atoms with Gasteiger partial charge in [0.2, 0.25) is 5.91 Å². The van der Waals surface area contributed by atoms with Crippen molar-refractivity contribution in [3.8, 4) is 23.0 Å². The number of H-pyrrole nitrogens is 3. The minimum atomic E-state index is -0.525. The summed E-state index contributed by atoms with van der Waals surface area (Å²) in [6.45, 7) is 10.3. The van der Waals surface area contributed by atoms with E-state index >= 15 is 0 Å². The fourth-order valence-corrected chi connectivity index (χ4v) is 14.8. The standard InChI is InChI=1S/C29H29Cl2N3O3.C28H25Cl2N3O4.C28H25Cl2N3O3/c1-33(2)15-3-17-36-22-9-4-19(5-10-22)28-27-24(25-18-21(31)8-13-26(25)32-27)14-16-34(28)29(35)37-23-11-6-20(30)7-12-23;1-16(2)36-27(34)31-20-8-3-17(4-9-20)26-25-22(23-15-19(30)7-12-24(23)32-25)13-14-33(26)28(35)37-21-10-5-18(29)6-11-21;1-16(2)27(34)31-20-8-3-17(4-9-20)26-25-22(23-15-19(30)7-12-24(23)32-25)13-14-33(26)28(35)36-21-10-5-18(29)6-11-21/h4-13,18,28,32H,3,14-17H2,1-2H3;3-12,15-16,26,32H,13-14H2,1-2H3,(H,31,34);3-12,15-16,26,32H,13-14H2,1-2H3,(H,31,34). The highest BCUT2D eigenvalue weighted by atomic mass is 35.5. The quantitative estimate of drug-likeness (QED) is 0.0609. The van der Waals surface area contributed by atoms with E-state index in [2.05, 4.69) is 44.6 Å². The average Bonchev–Trinajstić information content (AvgIpc) is 1.60. The smallest absolute Gasteiger partial charge is 0.416 e. The zero-order chi connectivity index (χ0) is 77.4. The van der Waals surface area contributed by atoms with Gasteiger partial charge in [0, 0.05) is 123 Å². The van der Waals surface area contributed by atoms with Crippen LogP contribution in [0, 0.1) is 5.92 Å². The first-order valence-electron chi connectivity index (χ1n) is 35.9. The molecule has 3 aliphatic rings. The van der Waals surface area contributed by atoms with Gasteiger partial charge in [0.05, 0.1) is 12.7 Å². The van der Waals surface area contributed by atoms with E-state index in [0.29, 0.717) is 104 Å². The molecular weight excluding hydrogens is 1520 g/mol. The first kappa shape index (κ1) is 77.8. The number of anilines is 2. The Bertz CT molecular complexity index is 5310. The predicted octanol–water partition coefficient (Wildman–Crippen LogP) is 21.7. The van der Waals surface area contributed by atoms with Crippen molar-refractivity contribution in [1.29, 1.82) is 0 Å². The summed E-state index contributed by atoms with van der Waals surface area (Å²) in [4.78, 5) is 82.2. The molecular formula is C85H79Cl6N9O10. The summed E-state index contributed by atoms with van der Waals surface area (Å²) < 4.78 is 28.2. The van der Waals surface area contributed by atoms with E-state index in [4.69, 9.17) is 93.3 Å². The maximum Gasteiger partial charge on any atom is 0.416 e. The number of rotatable bonds is 15. The number of aromatic amines is 3. The van der Waals surface area contributed by atoms with Gasteiger partial charge in [-0.05, 0) is 251 Å². The van der Waals surface area contributed by atoms with Gasteiger partial charge >= 0.3 is 24.4 Å². The van der Waals surface area contributed by atoms with Crippen LogP contribution in [0.5, 0.6) is 23.0 Å². The van der Waals surface area contributed by atoms with Gasteiger partial charge in [0.1, 0.15) is 41.1 Å². The summed E-state index contributed by atoms with van der Waals surface area (Å²) in [5, 5.41) is 12.5. The van der Waals surface area contributed by atoms with Crippen molar-refractivity contribution in [2.24, 2.45) is 5.92 Å². The van der Waals surface area contributed by atoms with Gasteiger partial charge in [0.25, 0.3) is 0 Å². The highest BCUT2D eigenvalue weighted by Crippen LogP contribution is 2.44. The molecule has 0 saturated carbocycles. The maximum atomic E-state index is 13.4. The van der Waals surface area contributed by atoms with Gasteiger partial charge in [-0.2, -0.15) is 0 Å². The first-order chi connectivity index (χ1) is 53.0. The molecule has 3 aliphatic heterocycles. The summed E-state index contributed by atoms with van der Waals surface area (Å²) in [5.41, 5.74) is 13.1. The molecule has 19 nitrogen and oxygen atoms in total. The fourth-order valence-electron chi connectivity index (χ4n) is 13.9. The Balaban J connectivity index is 0.000000145. The van der Waals surface area contributed by atoms with Crippen molar-refractivity contribution in [2.45, 2.75) is 77.6 Å². The van der Waals surface area contributed by atoms with Crippen molar-refractivity contribution in [3.05, 3.63) is 281 Å². The summed E-state index contributed by atoms with van der Waals surface area (Å²) in [6.07, 6.45) is 0.835. The van der Waals surface area contributed by atoms with E-state index in [1.54, 1.807) is 113 Å². The molecule has 9 aromatic carbocycles. The minimum absolute atomic E-state index is 0.0524. The molecule has 0 bridgehead atoms. The third-order valence-corrected chi connectivity index (χ3v) is 20.5. The van der Waals surface area contributed by atoms with E-state index < -0.39 is 36.5 Å². The number of halogens is 6. The zero-order valence-electron chi connectivity index (χ0n) is 60.9. The number of nitrogens with one attached hydrogen (secondary N) is 5. The highest BCUT2D eigenvalue weighted by molar-refractivity contribution is 6.32. The van der Waals surface area contributed by atoms with Gasteiger partial charge in [-0.25, -0.2) is 19.2 Å². The van der Waals surface area contributed by atoms with E-state index in [9.17, 15) is 24.0 Å². The number of benzene rings is 9. The molecule has 12 aromatic rings. The third-order valence-electron chi connectivity index (χ3n) is 19.1. The molecule has 0 fully saturated rings. The van der Waals surface area contributed by atoms with Crippen LogP contribution in [0.25, 0.3) is 32.7 Å². The molecule has 0 aliphatic carbocycles. The lowest BCUT2D eigenvalue weighted by Gasteiger charge is -2.35. The van der Waals surface area contributed by atoms with Crippen molar-refractivity contribution in [2.75, 3.05) is 57.5 Å². The van der Waals surface area contributed by atoms with Crippen molar-refractivity contribution < 1.29 is 47.7 Å². The SMILES string of the molecule is CC(C)C(=O)Nc1ccc(C2c3[nH]c4ccc(Cl)cc4c3CCN2C(=O)Oc2ccc(Cl)cc2)cc1.CC(C)OC(=O)Nc1ccc(C2c3[nH]c4ccc(Cl)cc4c3CCN2C(=O)Oc2ccc(Cl)cc2)cc1.CN(C)CCCOc1ccc(C2c3[nH]c4ccc(Cl)cc4c3CCN2C(=O)Oc2ccc(Cl)cc2)cc1. The van der Waals surface area contributed by atoms with E-state index in [1.165, 1.54) is 5.56 Å². The lowest BCUT2D eigenvalue weighted by Crippen LogP contribution is -2.42. The molecule has 5 amide bonds. The van der Waals surface area contributed by atoms with Crippen LogP contribution in [-0.2, 0) is 28.8 Å². The van der Waals surface area contributed by atoms with Crippen molar-refractivity contribution >= 4 is 144 Å². The van der Waals surface area contributed by atoms with Crippen LogP contribution in [0.2, 0.25) is 30.1 Å². The number of hydrogen-bond acceptors (Lipinski definition) is 11. The topological polar surface area (TPSA) is 216 Å². The predicted molar refractivity (Wildman–Crippen MR) is 436 cm³/mol. The Morgan fingerprint density at radius 3 is 1.07 bits per heavy atom. The third kappa shape index (κ3) is 18.4. The Hall–Kier alpha value is -10.4. The molecule has 0 saturated heterocycles. The number of fused-ring (bicyclic) bond motifs is 9. The van der Waals surface area contributed by atoms with Crippen LogP contribution in [-0.4, -0.2) is 118 Å². The number of nitrogens with zero attached hydrogens (tertiary/aromatic N) is 4. The Kier molecular flexibility index (Phi) is 24.5. The summed E-state index contributed by atoms with van der Waals surface area (Å²) in [5.74, 6) is 1.90. The molecule has 3 aromatic heterocycles. The van der Waals surface area contributed by atoms with Crippen molar-refractivity contribution in [1.82, 2.24) is 34.6 Å². The van der Waals surface area contributed by atoms with Gasteiger partial charge < -0.3 is 48.9 Å². The molecule has 3 atom stereocenters. The second kappa shape index (κ2) is 34.7. The van der Waals surface area contributed by atoms with Crippen LogP contribution in [0.15, 0.2) is 200 Å². The monoisotopic (exact) mass is 1600 g/mol. The Morgan fingerprint density at radius 1 is 0.427 bits per heavy atom.